The van der Waals surface area contributed by atoms with Gasteiger partial charge in [-0.2, -0.15) is 18.4 Å². The van der Waals surface area contributed by atoms with Crippen LogP contribution in [0.25, 0.3) is 0 Å². The Morgan fingerprint density at radius 2 is 1.62 bits per heavy atom. The van der Waals surface area contributed by atoms with Gasteiger partial charge in [-0.25, -0.2) is 0 Å². The van der Waals surface area contributed by atoms with Crippen LogP contribution in [-0.4, -0.2) is 23.1 Å². The fourth-order valence-electron chi connectivity index (χ4n) is 3.07. The highest BCUT2D eigenvalue weighted by atomic mass is 35.5. The van der Waals surface area contributed by atoms with E-state index in [0.29, 0.717) is 23.6 Å². The van der Waals surface area contributed by atoms with Crippen LogP contribution in [0.4, 0.5) is 13.2 Å². The van der Waals surface area contributed by atoms with Crippen LogP contribution in [0.15, 0.2) is 60.3 Å². The van der Waals surface area contributed by atoms with E-state index in [2.05, 4.69) is 0 Å². The molecule has 148 valence electrons. The number of carbonyl (C=O) groups excluding carboxylic acids is 2. The summed E-state index contributed by atoms with van der Waals surface area (Å²) in [7, 11) is 0. The topological polar surface area (TPSA) is 61.2 Å². The summed E-state index contributed by atoms with van der Waals surface area (Å²) in [6, 6.07) is 11.7. The van der Waals surface area contributed by atoms with Gasteiger partial charge in [0.1, 0.15) is 5.92 Å². The summed E-state index contributed by atoms with van der Waals surface area (Å²) < 4.78 is 38.2. The zero-order valence-electron chi connectivity index (χ0n) is 14.9. The molecule has 3 rings (SSSR count). The van der Waals surface area contributed by atoms with Crippen molar-refractivity contribution in [3.63, 3.8) is 0 Å². The number of hydrogen-bond donors (Lipinski definition) is 0. The molecule has 1 aliphatic rings. The molecule has 1 aliphatic heterocycles. The molecule has 2 aromatic rings. The van der Waals surface area contributed by atoms with E-state index in [-0.39, 0.29) is 17.2 Å². The van der Waals surface area contributed by atoms with Gasteiger partial charge in [0.2, 0.25) is 0 Å². The van der Waals surface area contributed by atoms with Gasteiger partial charge in [-0.05, 0) is 42.8 Å². The molecule has 2 aromatic carbocycles. The molecule has 0 bridgehead atoms. The zero-order chi connectivity index (χ0) is 21.2. The number of Topliss-reactive ketones (excluding diaryl/α,β-unsaturated/α-hetero) is 1. The number of nitrogens with zero attached hydrogens (tertiary/aromatic N) is 2. The van der Waals surface area contributed by atoms with E-state index in [1.165, 1.54) is 4.90 Å². The van der Waals surface area contributed by atoms with Gasteiger partial charge in [0.25, 0.3) is 5.91 Å². The Morgan fingerprint density at radius 1 is 1.03 bits per heavy atom. The first-order chi connectivity index (χ1) is 13.7. The van der Waals surface area contributed by atoms with Gasteiger partial charge < -0.3 is 4.90 Å². The third-order valence-corrected chi connectivity index (χ3v) is 4.79. The van der Waals surface area contributed by atoms with Crippen LogP contribution in [-0.2, 0) is 6.18 Å². The number of carbonyl (C=O) groups is 2. The average Bonchev–Trinajstić information content (AvgIpc) is 3.17. The summed E-state index contributed by atoms with van der Waals surface area (Å²) >= 11 is 5.83. The van der Waals surface area contributed by atoms with E-state index >= 15 is 0 Å². The maximum absolute atomic E-state index is 12.8. The molecular weight excluding hydrogens is 405 g/mol. The molecule has 8 heteroatoms. The molecule has 0 saturated carbocycles. The number of rotatable bonds is 4. The molecule has 1 amide bonds. The minimum Gasteiger partial charge on any atom is -0.310 e. The summed E-state index contributed by atoms with van der Waals surface area (Å²) in [4.78, 5) is 26.9. The molecule has 0 radical (unpaired) electrons. The van der Waals surface area contributed by atoms with E-state index in [4.69, 9.17) is 11.6 Å². The van der Waals surface area contributed by atoms with Gasteiger partial charge in [-0.1, -0.05) is 29.8 Å². The van der Waals surface area contributed by atoms with Crippen LogP contribution in [0.5, 0.6) is 0 Å². The van der Waals surface area contributed by atoms with Crippen LogP contribution in [0.3, 0.4) is 0 Å². The van der Waals surface area contributed by atoms with Crippen molar-refractivity contribution in [2.24, 2.45) is 5.92 Å². The predicted molar refractivity (Wildman–Crippen MR) is 100 cm³/mol. The molecule has 0 fully saturated rings. The Kier molecular flexibility index (Phi) is 5.76. The Labute approximate surface area is 169 Å². The van der Waals surface area contributed by atoms with Crippen LogP contribution in [0.2, 0.25) is 5.02 Å². The fourth-order valence-corrected chi connectivity index (χ4v) is 3.20. The van der Waals surface area contributed by atoms with E-state index in [0.717, 1.165) is 24.3 Å². The standard InChI is InChI=1S/C21H14ClF3N2O2/c22-16-9-5-14(6-10-16)20(29)27-11-1-2-18(27)17(12-26)19(28)13-3-7-15(8-4-13)21(23,24)25/h2-10,17H,1,11H2. The maximum Gasteiger partial charge on any atom is 0.416 e. The number of hydrogen-bond acceptors (Lipinski definition) is 3. The third-order valence-electron chi connectivity index (χ3n) is 4.54. The van der Waals surface area contributed by atoms with Gasteiger partial charge in [-0.15, -0.1) is 0 Å². The number of halogens is 4. The lowest BCUT2D eigenvalue weighted by atomic mass is 9.94. The predicted octanol–water partition coefficient (Wildman–Crippen LogP) is 5.11. The number of nitriles is 1. The second-order valence-electron chi connectivity index (χ2n) is 6.38. The van der Waals surface area contributed by atoms with Crippen molar-refractivity contribution in [3.8, 4) is 6.07 Å². The Morgan fingerprint density at radius 3 is 2.17 bits per heavy atom. The average molecular weight is 419 g/mol. The van der Waals surface area contributed by atoms with Crippen LogP contribution in [0.1, 0.15) is 32.7 Å². The Bertz CT molecular complexity index is 1010. The van der Waals surface area contributed by atoms with Gasteiger partial charge in [-0.3, -0.25) is 9.59 Å². The van der Waals surface area contributed by atoms with Gasteiger partial charge in [0, 0.05) is 28.4 Å². The maximum atomic E-state index is 12.8. The van der Waals surface area contributed by atoms with Gasteiger partial charge in [0.15, 0.2) is 5.78 Å². The van der Waals surface area contributed by atoms with Crippen molar-refractivity contribution in [1.82, 2.24) is 4.90 Å². The monoisotopic (exact) mass is 418 g/mol. The molecule has 29 heavy (non-hydrogen) atoms. The quantitative estimate of drug-likeness (QED) is 0.648. The highest BCUT2D eigenvalue weighted by Crippen LogP contribution is 2.31. The van der Waals surface area contributed by atoms with E-state index < -0.39 is 23.4 Å². The second kappa shape index (κ2) is 8.10. The summed E-state index contributed by atoms with van der Waals surface area (Å²) in [5.74, 6) is -2.35. The van der Waals surface area contributed by atoms with E-state index in [1.807, 2.05) is 6.07 Å². The van der Waals surface area contributed by atoms with E-state index in [1.54, 1.807) is 30.3 Å². The highest BCUT2D eigenvalue weighted by Gasteiger charge is 2.34. The zero-order valence-corrected chi connectivity index (χ0v) is 15.7. The molecule has 0 aliphatic carbocycles. The second-order valence-corrected chi connectivity index (χ2v) is 6.82. The summed E-state index contributed by atoms with van der Waals surface area (Å²) in [5.41, 5.74) is -0.336. The van der Waals surface area contributed by atoms with Crippen molar-refractivity contribution in [2.75, 3.05) is 6.54 Å². The molecule has 4 nitrogen and oxygen atoms in total. The van der Waals surface area contributed by atoms with Crippen LogP contribution in [0, 0.1) is 17.2 Å². The normalized spacial score (nSPS) is 14.9. The van der Waals surface area contributed by atoms with Crippen molar-refractivity contribution < 1.29 is 22.8 Å². The lowest BCUT2D eigenvalue weighted by Gasteiger charge is -2.23. The number of amides is 1. The molecule has 0 saturated heterocycles. The largest absolute Gasteiger partial charge is 0.416 e. The molecule has 1 unspecified atom stereocenters. The Balaban J connectivity index is 1.85. The fraction of sp³-hybridized carbons (Fsp3) is 0.190. The van der Waals surface area contributed by atoms with Crippen LogP contribution < -0.4 is 0 Å². The van der Waals surface area contributed by atoms with Gasteiger partial charge >= 0.3 is 6.18 Å². The lowest BCUT2D eigenvalue weighted by molar-refractivity contribution is -0.137. The SMILES string of the molecule is N#CC(C(=O)c1ccc(C(F)(F)F)cc1)C1=CCCN1C(=O)c1ccc(Cl)cc1. The Hall–Kier alpha value is -3.11. The lowest BCUT2D eigenvalue weighted by Crippen LogP contribution is -2.33. The summed E-state index contributed by atoms with van der Waals surface area (Å²) in [6.45, 7) is 0.301. The highest BCUT2D eigenvalue weighted by molar-refractivity contribution is 6.30. The number of ketones is 1. The van der Waals surface area contributed by atoms with Crippen molar-refractivity contribution >= 4 is 23.3 Å². The minimum atomic E-state index is -4.52. The number of alkyl halides is 3. The van der Waals surface area contributed by atoms with Crippen molar-refractivity contribution in [1.29, 1.82) is 5.26 Å². The number of benzene rings is 2. The van der Waals surface area contributed by atoms with Gasteiger partial charge in [0.05, 0.1) is 11.6 Å². The number of allylic oxidation sites excluding steroid dienone is 1. The third kappa shape index (κ3) is 4.33. The summed E-state index contributed by atoms with van der Waals surface area (Å²) in [5, 5.41) is 10.0. The van der Waals surface area contributed by atoms with Crippen molar-refractivity contribution in [2.45, 2.75) is 12.6 Å². The molecule has 0 spiro atoms. The molecular formula is C21H14ClF3N2O2. The molecule has 0 N–H and O–H groups in total. The minimum absolute atomic E-state index is 0.0313. The first-order valence-electron chi connectivity index (χ1n) is 8.61. The van der Waals surface area contributed by atoms with E-state index in [9.17, 15) is 28.0 Å². The molecule has 0 aromatic heterocycles. The van der Waals surface area contributed by atoms with Crippen LogP contribution >= 0.6 is 11.6 Å². The first-order valence-corrected chi connectivity index (χ1v) is 8.98. The molecule has 1 atom stereocenters. The summed E-state index contributed by atoms with van der Waals surface area (Å²) in [6.07, 6.45) is -2.43. The smallest absolute Gasteiger partial charge is 0.310 e. The molecule has 1 heterocycles. The van der Waals surface area contributed by atoms with Crippen molar-refractivity contribution in [3.05, 3.63) is 82.0 Å². The first kappa shape index (κ1) is 20.6.